The maximum Gasteiger partial charge on any atom is 0.410 e. The first-order valence-electron chi connectivity index (χ1n) is 8.05. The fourth-order valence-corrected chi connectivity index (χ4v) is 3.00. The second kappa shape index (κ2) is 6.79. The van der Waals surface area contributed by atoms with Crippen LogP contribution in [0.3, 0.4) is 0 Å². The predicted molar refractivity (Wildman–Crippen MR) is 87.4 cm³/mol. The molecule has 132 valence electrons. The average molecular weight is 337 g/mol. The number of nitrogens with zero attached hydrogens (tertiary/aromatic N) is 1. The van der Waals surface area contributed by atoms with Crippen LogP contribution in [0.15, 0.2) is 18.2 Å². The molecule has 0 aliphatic carbocycles. The van der Waals surface area contributed by atoms with E-state index < -0.39 is 35.3 Å². The summed E-state index contributed by atoms with van der Waals surface area (Å²) in [6, 6.07) is 4.83. The Morgan fingerprint density at radius 3 is 2.54 bits per heavy atom. The lowest BCUT2D eigenvalue weighted by Crippen LogP contribution is -2.47. The average Bonchev–Trinajstić information content (AvgIpc) is 2.45. The van der Waals surface area contributed by atoms with Gasteiger partial charge in [0.2, 0.25) is 0 Å². The molecule has 0 aromatic heterocycles. The summed E-state index contributed by atoms with van der Waals surface area (Å²) < 4.78 is 19.6. The number of likely N-dealkylation sites (tertiary alicyclic amines) is 1. The van der Waals surface area contributed by atoms with Gasteiger partial charge in [-0.25, -0.2) is 9.18 Å². The number of carboxylic acid groups (broad SMARTS) is 1. The van der Waals surface area contributed by atoms with E-state index in [0.29, 0.717) is 18.5 Å². The van der Waals surface area contributed by atoms with E-state index in [1.807, 2.05) is 0 Å². The number of aliphatic carboxylic acids is 1. The molecule has 0 spiro atoms. The van der Waals surface area contributed by atoms with Crippen molar-refractivity contribution >= 4 is 12.1 Å². The summed E-state index contributed by atoms with van der Waals surface area (Å²) in [6.45, 7) is 7.42. The van der Waals surface area contributed by atoms with Gasteiger partial charge in [0.1, 0.15) is 11.4 Å². The Morgan fingerprint density at radius 1 is 1.33 bits per heavy atom. The number of rotatable bonds is 2. The molecule has 1 saturated heterocycles. The number of carbonyl (C=O) groups is 2. The van der Waals surface area contributed by atoms with Gasteiger partial charge in [-0.2, -0.15) is 0 Å². The molecule has 1 N–H and O–H groups in total. The molecule has 24 heavy (non-hydrogen) atoms. The lowest BCUT2D eigenvalue weighted by atomic mass is 9.80. The zero-order valence-corrected chi connectivity index (χ0v) is 14.5. The van der Waals surface area contributed by atoms with E-state index in [0.717, 1.165) is 5.56 Å². The van der Waals surface area contributed by atoms with Crippen LogP contribution in [0.25, 0.3) is 0 Å². The summed E-state index contributed by atoms with van der Waals surface area (Å²) in [5, 5.41) is 9.55. The molecule has 1 fully saturated rings. The van der Waals surface area contributed by atoms with Crippen molar-refractivity contribution in [3.8, 4) is 0 Å². The number of carboxylic acids is 1. The number of piperidine rings is 1. The first kappa shape index (κ1) is 18.2. The molecule has 2 atom stereocenters. The van der Waals surface area contributed by atoms with Gasteiger partial charge in [0, 0.05) is 19.0 Å². The summed E-state index contributed by atoms with van der Waals surface area (Å²) in [6.07, 6.45) is -0.146. The second-order valence-corrected chi connectivity index (χ2v) is 7.29. The van der Waals surface area contributed by atoms with Crippen LogP contribution in [0.2, 0.25) is 0 Å². The molecule has 6 heteroatoms. The van der Waals surface area contributed by atoms with E-state index in [-0.39, 0.29) is 6.54 Å². The molecule has 1 aliphatic rings. The minimum absolute atomic E-state index is 0.0161. The van der Waals surface area contributed by atoms with Crippen LogP contribution in [-0.2, 0) is 9.53 Å². The highest BCUT2D eigenvalue weighted by Crippen LogP contribution is 2.35. The van der Waals surface area contributed by atoms with E-state index in [1.165, 1.54) is 11.0 Å². The number of aryl methyl sites for hydroxylation is 1. The fraction of sp³-hybridized carbons (Fsp3) is 0.556. The third-order valence-electron chi connectivity index (χ3n) is 4.14. The molecule has 5 nitrogen and oxygen atoms in total. The van der Waals surface area contributed by atoms with Crippen molar-refractivity contribution in [2.24, 2.45) is 5.92 Å². The molecular formula is C18H24FNO4. The number of benzene rings is 1. The maximum atomic E-state index is 14.3. The van der Waals surface area contributed by atoms with Crippen LogP contribution in [0, 0.1) is 18.7 Å². The number of ether oxygens (including phenoxy) is 1. The van der Waals surface area contributed by atoms with Gasteiger partial charge in [-0.05, 0) is 51.3 Å². The van der Waals surface area contributed by atoms with Gasteiger partial charge >= 0.3 is 12.1 Å². The topological polar surface area (TPSA) is 66.8 Å². The first-order chi connectivity index (χ1) is 11.1. The van der Waals surface area contributed by atoms with E-state index in [9.17, 15) is 19.1 Å². The summed E-state index contributed by atoms with van der Waals surface area (Å²) in [7, 11) is 0. The third kappa shape index (κ3) is 4.24. The summed E-state index contributed by atoms with van der Waals surface area (Å²) in [5.41, 5.74) is 0.543. The standard InChI is InChI=1S/C18H24FNO4/c1-11-5-6-13(15(19)9-11)12-7-8-20(10-14(12)16(21)22)17(23)24-18(2,3)4/h5-6,9,12,14H,7-8,10H2,1-4H3,(H,21,22)/t12-,14-/m0/s1. The van der Waals surface area contributed by atoms with Crippen LogP contribution in [0.1, 0.15) is 44.2 Å². The lowest BCUT2D eigenvalue weighted by Gasteiger charge is -2.37. The Hall–Kier alpha value is -2.11. The molecule has 2 rings (SSSR count). The van der Waals surface area contributed by atoms with Gasteiger partial charge in [0.15, 0.2) is 0 Å². The molecule has 1 amide bonds. The highest BCUT2D eigenvalue weighted by Gasteiger charge is 2.39. The number of halogens is 1. The van der Waals surface area contributed by atoms with Gasteiger partial charge in [-0.1, -0.05) is 12.1 Å². The van der Waals surface area contributed by atoms with Crippen molar-refractivity contribution in [1.29, 1.82) is 0 Å². The van der Waals surface area contributed by atoms with Gasteiger partial charge < -0.3 is 14.7 Å². The Labute approximate surface area is 141 Å². The highest BCUT2D eigenvalue weighted by molar-refractivity contribution is 5.74. The van der Waals surface area contributed by atoms with Crippen LogP contribution >= 0.6 is 0 Å². The van der Waals surface area contributed by atoms with Crippen molar-refractivity contribution in [2.75, 3.05) is 13.1 Å². The fourth-order valence-electron chi connectivity index (χ4n) is 3.00. The molecule has 1 heterocycles. The van der Waals surface area contributed by atoms with Gasteiger partial charge in [0.05, 0.1) is 5.92 Å². The van der Waals surface area contributed by atoms with Crippen LogP contribution in [-0.4, -0.2) is 40.8 Å². The molecule has 1 aliphatic heterocycles. The molecule has 0 bridgehead atoms. The smallest absolute Gasteiger partial charge is 0.410 e. The van der Waals surface area contributed by atoms with E-state index >= 15 is 0 Å². The Morgan fingerprint density at radius 2 is 2.00 bits per heavy atom. The molecular weight excluding hydrogens is 313 g/mol. The lowest BCUT2D eigenvalue weighted by molar-refractivity contribution is -0.144. The highest BCUT2D eigenvalue weighted by atomic mass is 19.1. The third-order valence-corrected chi connectivity index (χ3v) is 4.14. The molecule has 0 saturated carbocycles. The van der Waals surface area contributed by atoms with Crippen molar-refractivity contribution in [1.82, 2.24) is 4.90 Å². The summed E-state index contributed by atoms with van der Waals surface area (Å²) >= 11 is 0. The van der Waals surface area contributed by atoms with Crippen LogP contribution < -0.4 is 0 Å². The minimum atomic E-state index is -1.03. The number of hydrogen-bond acceptors (Lipinski definition) is 3. The molecule has 0 radical (unpaired) electrons. The second-order valence-electron chi connectivity index (χ2n) is 7.29. The normalized spacial score (nSPS) is 21.5. The minimum Gasteiger partial charge on any atom is -0.481 e. The summed E-state index contributed by atoms with van der Waals surface area (Å²) in [4.78, 5) is 25.2. The van der Waals surface area contributed by atoms with Crippen molar-refractivity contribution in [3.05, 3.63) is 35.1 Å². The van der Waals surface area contributed by atoms with Gasteiger partial charge in [-0.3, -0.25) is 4.79 Å². The number of amides is 1. The first-order valence-corrected chi connectivity index (χ1v) is 8.05. The zero-order chi connectivity index (χ0) is 18.1. The summed E-state index contributed by atoms with van der Waals surface area (Å²) in [5.74, 6) is -2.74. The van der Waals surface area contributed by atoms with Crippen molar-refractivity contribution < 1.29 is 23.8 Å². The van der Waals surface area contributed by atoms with Gasteiger partial charge in [-0.15, -0.1) is 0 Å². The van der Waals surface area contributed by atoms with Crippen LogP contribution in [0.5, 0.6) is 0 Å². The largest absolute Gasteiger partial charge is 0.481 e. The van der Waals surface area contributed by atoms with Gasteiger partial charge in [0.25, 0.3) is 0 Å². The SMILES string of the molecule is Cc1ccc([C@@H]2CCN(C(=O)OC(C)(C)C)C[C@@H]2C(=O)O)c(F)c1. The van der Waals surface area contributed by atoms with E-state index in [4.69, 9.17) is 4.74 Å². The Bertz CT molecular complexity index is 638. The number of carbonyl (C=O) groups excluding carboxylic acids is 1. The predicted octanol–water partition coefficient (Wildman–Crippen LogP) is 3.56. The maximum absolute atomic E-state index is 14.3. The van der Waals surface area contributed by atoms with E-state index in [1.54, 1.807) is 39.8 Å². The van der Waals surface area contributed by atoms with E-state index in [2.05, 4.69) is 0 Å². The molecule has 0 unspecified atom stereocenters. The quantitative estimate of drug-likeness (QED) is 0.896. The molecule has 1 aromatic carbocycles. The number of hydrogen-bond donors (Lipinski definition) is 1. The Balaban J connectivity index is 2.20. The Kier molecular flexibility index (Phi) is 5.16. The van der Waals surface area contributed by atoms with Crippen molar-refractivity contribution in [2.45, 2.75) is 45.6 Å². The molecule has 1 aromatic rings. The van der Waals surface area contributed by atoms with Crippen LogP contribution in [0.4, 0.5) is 9.18 Å². The zero-order valence-electron chi connectivity index (χ0n) is 14.5. The monoisotopic (exact) mass is 337 g/mol. The van der Waals surface area contributed by atoms with Crippen molar-refractivity contribution in [3.63, 3.8) is 0 Å².